The van der Waals surface area contributed by atoms with Crippen LogP contribution in [-0.4, -0.2) is 53.3 Å². The van der Waals surface area contributed by atoms with Gasteiger partial charge in [-0.05, 0) is 25.5 Å². The van der Waals surface area contributed by atoms with Crippen molar-refractivity contribution in [3.05, 3.63) is 45.4 Å². The van der Waals surface area contributed by atoms with E-state index in [9.17, 15) is 14.1 Å². The molecule has 3 aromatic rings. The number of aromatic nitrogens is 5. The largest absolute Gasteiger partial charge is 0.612 e. The van der Waals surface area contributed by atoms with E-state index in [1.807, 2.05) is 4.90 Å². The first kappa shape index (κ1) is 22.9. The summed E-state index contributed by atoms with van der Waals surface area (Å²) < 4.78 is 22.1. The van der Waals surface area contributed by atoms with E-state index in [1.165, 1.54) is 17.8 Å². The first-order chi connectivity index (χ1) is 15.9. The number of hydrogen-bond acceptors (Lipinski definition) is 8. The third kappa shape index (κ3) is 4.61. The van der Waals surface area contributed by atoms with Gasteiger partial charge in [-0.1, -0.05) is 5.92 Å². The molecule has 0 spiro atoms. The van der Waals surface area contributed by atoms with E-state index in [-0.39, 0.29) is 35.6 Å². The van der Waals surface area contributed by atoms with Crippen molar-refractivity contribution >= 4 is 28.3 Å². The Hall–Kier alpha value is -3.27. The Morgan fingerprint density at radius 2 is 2.18 bits per heavy atom. The Bertz CT molecular complexity index is 1320. The molecular formula is C21H25N7O4S. The zero-order chi connectivity index (χ0) is 23.5. The van der Waals surface area contributed by atoms with E-state index < -0.39 is 22.4 Å². The average Bonchev–Trinajstić information content (AvgIpc) is 3.42. The third-order valence-electron chi connectivity index (χ3n) is 5.40. The molecule has 1 fully saturated rings. The first-order valence-electron chi connectivity index (χ1n) is 10.4. The predicted molar refractivity (Wildman–Crippen MR) is 125 cm³/mol. The lowest BCUT2D eigenvalue weighted by Gasteiger charge is -2.17. The van der Waals surface area contributed by atoms with E-state index >= 15 is 0 Å². The molecule has 174 valence electrons. The molecule has 0 aromatic carbocycles. The van der Waals surface area contributed by atoms with Gasteiger partial charge < -0.3 is 19.9 Å². The fourth-order valence-electron chi connectivity index (χ4n) is 3.74. The van der Waals surface area contributed by atoms with Crippen molar-refractivity contribution in [1.29, 1.82) is 0 Å². The number of nitrogens with two attached hydrogens (primary N) is 1. The molecule has 33 heavy (non-hydrogen) atoms. The summed E-state index contributed by atoms with van der Waals surface area (Å²) in [7, 11) is 1.54. The van der Waals surface area contributed by atoms with Crippen LogP contribution in [0, 0.1) is 11.8 Å². The summed E-state index contributed by atoms with van der Waals surface area (Å²) in [6.07, 6.45) is 3.90. The van der Waals surface area contributed by atoms with Crippen LogP contribution in [0.15, 0.2) is 34.1 Å². The van der Waals surface area contributed by atoms with Gasteiger partial charge in [0.05, 0.1) is 12.7 Å². The van der Waals surface area contributed by atoms with Gasteiger partial charge in [-0.2, -0.15) is 4.98 Å². The predicted octanol–water partition coefficient (Wildman–Crippen LogP) is -0.405. The maximum Gasteiger partial charge on any atom is 0.336 e. The lowest BCUT2D eigenvalue weighted by Crippen LogP contribution is -2.42. The normalized spacial score (nSPS) is 16.6. The van der Waals surface area contributed by atoms with E-state index in [2.05, 4.69) is 21.8 Å². The van der Waals surface area contributed by atoms with Crippen molar-refractivity contribution in [3.63, 3.8) is 0 Å². The molecule has 3 aromatic heterocycles. The van der Waals surface area contributed by atoms with E-state index in [1.54, 1.807) is 29.8 Å². The summed E-state index contributed by atoms with van der Waals surface area (Å²) in [6.45, 7) is 3.24. The van der Waals surface area contributed by atoms with Crippen LogP contribution in [0.4, 0.5) is 5.95 Å². The number of rotatable bonds is 7. The number of imidazole rings is 1. The molecule has 1 aliphatic heterocycles. The highest BCUT2D eigenvalue weighted by molar-refractivity contribution is 7.90. The molecule has 0 aliphatic carbocycles. The number of pyridine rings is 1. The zero-order valence-electron chi connectivity index (χ0n) is 18.4. The summed E-state index contributed by atoms with van der Waals surface area (Å²) in [5, 5.41) is 0. The zero-order valence-corrected chi connectivity index (χ0v) is 19.2. The highest BCUT2D eigenvalue weighted by Gasteiger charge is 2.28. The van der Waals surface area contributed by atoms with Crippen molar-refractivity contribution in [2.24, 2.45) is 12.8 Å². The van der Waals surface area contributed by atoms with Crippen LogP contribution >= 0.6 is 0 Å². The summed E-state index contributed by atoms with van der Waals surface area (Å²) in [4.78, 5) is 36.9. The first-order valence-corrected chi connectivity index (χ1v) is 11.9. The number of fused-ring (bicyclic) bond motifs is 1. The molecule has 2 N–H and O–H groups in total. The molecular weight excluding hydrogens is 446 g/mol. The maximum absolute atomic E-state index is 13.4. The lowest BCUT2D eigenvalue weighted by molar-refractivity contribution is 0.373. The van der Waals surface area contributed by atoms with Gasteiger partial charge in [0.25, 0.3) is 5.56 Å². The van der Waals surface area contributed by atoms with Crippen molar-refractivity contribution in [2.45, 2.75) is 31.8 Å². The Morgan fingerprint density at radius 3 is 2.85 bits per heavy atom. The monoisotopic (exact) mass is 471 g/mol. The van der Waals surface area contributed by atoms with Crippen LogP contribution in [0.2, 0.25) is 0 Å². The van der Waals surface area contributed by atoms with Crippen LogP contribution in [0.5, 0.6) is 5.75 Å². The van der Waals surface area contributed by atoms with Gasteiger partial charge in [0.2, 0.25) is 11.9 Å². The van der Waals surface area contributed by atoms with Gasteiger partial charge in [0, 0.05) is 43.6 Å². The number of nitrogens with zero attached hydrogens (tertiary/aromatic N) is 6. The van der Waals surface area contributed by atoms with Gasteiger partial charge in [0.1, 0.15) is 5.75 Å². The number of hydrogen-bond donors (Lipinski definition) is 1. The summed E-state index contributed by atoms with van der Waals surface area (Å²) in [5.41, 5.74) is 5.39. The smallest absolute Gasteiger partial charge is 0.336 e. The average molecular weight is 472 g/mol. The molecule has 0 amide bonds. The number of ether oxygens (including phenoxy) is 1. The lowest BCUT2D eigenvalue weighted by atomic mass is 10.3. The minimum atomic E-state index is -1.64. The van der Waals surface area contributed by atoms with E-state index in [4.69, 9.17) is 10.5 Å². The van der Waals surface area contributed by atoms with Crippen molar-refractivity contribution in [3.8, 4) is 17.6 Å². The van der Waals surface area contributed by atoms with Gasteiger partial charge in [-0.15, -0.1) is 5.92 Å². The fourth-order valence-corrected chi connectivity index (χ4v) is 4.60. The van der Waals surface area contributed by atoms with E-state index in [0.29, 0.717) is 24.8 Å². The molecule has 12 heteroatoms. The molecule has 11 nitrogen and oxygen atoms in total. The van der Waals surface area contributed by atoms with Gasteiger partial charge >= 0.3 is 5.69 Å². The van der Waals surface area contributed by atoms with Crippen LogP contribution < -0.4 is 26.6 Å². The SMILES string of the molecule is CC#CCn1c(N2CCC(N)C2)nc2c1c(=O)n(C[S+]([O-])COc1cccnc1)c(=O)n2C. The minimum Gasteiger partial charge on any atom is -0.612 e. The fraction of sp³-hybridized carbons (Fsp3) is 0.429. The molecule has 4 rings (SSSR count). The minimum absolute atomic E-state index is 0.0123. The molecule has 2 atom stereocenters. The number of anilines is 1. The Kier molecular flexibility index (Phi) is 6.73. The maximum atomic E-state index is 13.4. The van der Waals surface area contributed by atoms with Gasteiger partial charge in [-0.3, -0.25) is 18.9 Å². The number of aryl methyl sites for hydroxylation is 1. The second-order valence-corrected chi connectivity index (χ2v) is 9.06. The Morgan fingerprint density at radius 1 is 1.36 bits per heavy atom. The molecule has 0 saturated carbocycles. The highest BCUT2D eigenvalue weighted by Crippen LogP contribution is 2.23. The summed E-state index contributed by atoms with van der Waals surface area (Å²) >= 11 is -1.64. The second kappa shape index (κ2) is 9.70. The van der Waals surface area contributed by atoms with Crippen LogP contribution in [0.1, 0.15) is 13.3 Å². The molecule has 2 unspecified atom stereocenters. The summed E-state index contributed by atoms with van der Waals surface area (Å²) in [5.74, 6) is 6.31. The van der Waals surface area contributed by atoms with Gasteiger partial charge in [-0.25, -0.2) is 9.36 Å². The van der Waals surface area contributed by atoms with Crippen LogP contribution in [-0.2, 0) is 30.6 Å². The molecule has 0 bridgehead atoms. The molecule has 1 saturated heterocycles. The van der Waals surface area contributed by atoms with E-state index in [0.717, 1.165) is 11.0 Å². The van der Waals surface area contributed by atoms with Crippen molar-refractivity contribution in [2.75, 3.05) is 23.9 Å². The quantitative estimate of drug-likeness (QED) is 0.363. The molecule has 1 aliphatic rings. The molecule has 0 radical (unpaired) electrons. The van der Waals surface area contributed by atoms with Crippen LogP contribution in [0.25, 0.3) is 11.2 Å². The van der Waals surface area contributed by atoms with Crippen molar-refractivity contribution < 1.29 is 9.29 Å². The van der Waals surface area contributed by atoms with Gasteiger partial charge in [0.15, 0.2) is 17.0 Å². The van der Waals surface area contributed by atoms with Crippen LogP contribution in [0.3, 0.4) is 0 Å². The summed E-state index contributed by atoms with van der Waals surface area (Å²) in [6, 6.07) is 3.39. The Labute approximate surface area is 193 Å². The topological polar surface area (TPSA) is 136 Å². The standard InChI is InChI=1S/C21H25N7O4S/c1-3-4-9-27-17-18(24-20(27)26-10-7-15(22)12-26)25(2)21(30)28(19(17)29)13-33(31)14-32-16-6-5-8-23-11-16/h5-6,8,11,15H,7,9-10,12-14,22H2,1-2H3. The third-order valence-corrected chi connectivity index (χ3v) is 6.33. The molecule has 4 heterocycles. The second-order valence-electron chi connectivity index (χ2n) is 7.69. The van der Waals surface area contributed by atoms with Crippen molar-refractivity contribution in [1.82, 2.24) is 23.7 Å². The highest BCUT2D eigenvalue weighted by atomic mass is 32.2. The Balaban J connectivity index is 1.72.